The standard InChI is InChI=1S/C15H13N5OS/c16-7-11-13(8-17)19(10-18-11)9-15(21)20-5-1-3-12(20)14-4-2-6-22-14/h2,4,6,10,12H,1,3,5,9H2. The predicted octanol–water partition coefficient (Wildman–Crippen LogP) is 2.05. The molecule has 7 heteroatoms. The first-order chi connectivity index (χ1) is 10.7. The van der Waals surface area contributed by atoms with Crippen LogP contribution in [-0.4, -0.2) is 26.9 Å². The van der Waals surface area contributed by atoms with Gasteiger partial charge in [-0.15, -0.1) is 11.3 Å². The van der Waals surface area contributed by atoms with Gasteiger partial charge in [0.15, 0.2) is 11.4 Å². The molecule has 3 heterocycles. The van der Waals surface area contributed by atoms with Gasteiger partial charge in [-0.25, -0.2) is 4.98 Å². The minimum absolute atomic E-state index is 0.0411. The van der Waals surface area contributed by atoms with E-state index in [2.05, 4.69) is 4.98 Å². The summed E-state index contributed by atoms with van der Waals surface area (Å²) in [6, 6.07) is 7.96. The van der Waals surface area contributed by atoms with Crippen LogP contribution in [0.4, 0.5) is 0 Å². The van der Waals surface area contributed by atoms with Crippen molar-refractivity contribution in [2.45, 2.75) is 25.4 Å². The minimum Gasteiger partial charge on any atom is -0.333 e. The van der Waals surface area contributed by atoms with Crippen LogP contribution in [0.1, 0.15) is 35.1 Å². The second-order valence-electron chi connectivity index (χ2n) is 5.05. The lowest BCUT2D eigenvalue weighted by atomic mass is 10.2. The van der Waals surface area contributed by atoms with Crippen molar-refractivity contribution in [3.8, 4) is 12.1 Å². The summed E-state index contributed by atoms with van der Waals surface area (Å²) >= 11 is 1.65. The van der Waals surface area contributed by atoms with Gasteiger partial charge >= 0.3 is 0 Å². The number of nitrogens with zero attached hydrogens (tertiary/aromatic N) is 5. The molecule has 0 aromatic carbocycles. The van der Waals surface area contributed by atoms with Crippen molar-refractivity contribution >= 4 is 17.2 Å². The van der Waals surface area contributed by atoms with Crippen molar-refractivity contribution in [3.05, 3.63) is 40.1 Å². The van der Waals surface area contributed by atoms with Crippen LogP contribution in [0.3, 0.4) is 0 Å². The van der Waals surface area contributed by atoms with E-state index in [0.717, 1.165) is 19.4 Å². The van der Waals surface area contributed by atoms with Crippen LogP contribution in [0.15, 0.2) is 23.8 Å². The molecule has 1 aliphatic heterocycles. The molecule has 1 amide bonds. The lowest BCUT2D eigenvalue weighted by Crippen LogP contribution is -2.33. The molecule has 0 saturated carbocycles. The number of carbonyl (C=O) groups excluding carboxylic acids is 1. The van der Waals surface area contributed by atoms with Crippen molar-refractivity contribution in [1.82, 2.24) is 14.5 Å². The Morgan fingerprint density at radius 1 is 1.45 bits per heavy atom. The summed E-state index contributed by atoms with van der Waals surface area (Å²) in [6.07, 6.45) is 3.32. The highest BCUT2D eigenvalue weighted by Gasteiger charge is 2.30. The van der Waals surface area contributed by atoms with Gasteiger partial charge in [-0.2, -0.15) is 10.5 Å². The van der Waals surface area contributed by atoms with Crippen LogP contribution >= 0.6 is 11.3 Å². The quantitative estimate of drug-likeness (QED) is 0.868. The number of likely N-dealkylation sites (tertiary alicyclic amines) is 1. The molecule has 0 N–H and O–H groups in total. The number of hydrogen-bond acceptors (Lipinski definition) is 5. The summed E-state index contributed by atoms with van der Waals surface area (Å²) < 4.78 is 1.45. The maximum atomic E-state index is 12.6. The molecule has 2 aromatic heterocycles. The molecule has 1 atom stereocenters. The Morgan fingerprint density at radius 3 is 3.00 bits per heavy atom. The first-order valence-corrected chi connectivity index (χ1v) is 7.80. The monoisotopic (exact) mass is 311 g/mol. The molecule has 6 nitrogen and oxygen atoms in total. The highest BCUT2D eigenvalue weighted by Crippen LogP contribution is 2.34. The number of amides is 1. The molecular formula is C15H13N5OS. The van der Waals surface area contributed by atoms with Crippen molar-refractivity contribution in [1.29, 1.82) is 10.5 Å². The largest absolute Gasteiger partial charge is 0.333 e. The highest BCUT2D eigenvalue weighted by atomic mass is 32.1. The van der Waals surface area contributed by atoms with Gasteiger partial charge in [-0.05, 0) is 24.3 Å². The third kappa shape index (κ3) is 2.47. The Hall–Kier alpha value is -2.64. The molecule has 3 rings (SSSR count). The summed E-state index contributed by atoms with van der Waals surface area (Å²) in [7, 11) is 0. The van der Waals surface area contributed by atoms with E-state index in [4.69, 9.17) is 10.5 Å². The third-order valence-corrected chi connectivity index (χ3v) is 4.77. The van der Waals surface area contributed by atoms with E-state index in [0.29, 0.717) is 0 Å². The topological polar surface area (TPSA) is 85.7 Å². The molecule has 1 aliphatic rings. The van der Waals surface area contributed by atoms with Gasteiger partial charge in [0.25, 0.3) is 0 Å². The second-order valence-corrected chi connectivity index (χ2v) is 6.03. The Balaban J connectivity index is 1.79. The van der Waals surface area contributed by atoms with Crippen LogP contribution in [-0.2, 0) is 11.3 Å². The van der Waals surface area contributed by atoms with Gasteiger partial charge in [0, 0.05) is 11.4 Å². The number of thiophene rings is 1. The predicted molar refractivity (Wildman–Crippen MR) is 79.7 cm³/mol. The number of imidazole rings is 1. The van der Waals surface area contributed by atoms with Crippen molar-refractivity contribution in [2.24, 2.45) is 0 Å². The van der Waals surface area contributed by atoms with Gasteiger partial charge < -0.3 is 9.47 Å². The van der Waals surface area contributed by atoms with Crippen molar-refractivity contribution < 1.29 is 4.79 Å². The molecule has 0 bridgehead atoms. The fourth-order valence-electron chi connectivity index (χ4n) is 2.78. The maximum Gasteiger partial charge on any atom is 0.243 e. The fraction of sp³-hybridized carbons (Fsp3) is 0.333. The van der Waals surface area contributed by atoms with Crippen molar-refractivity contribution in [2.75, 3.05) is 6.54 Å². The van der Waals surface area contributed by atoms with Gasteiger partial charge in [0.05, 0.1) is 12.4 Å². The second kappa shape index (κ2) is 6.00. The number of hydrogen-bond donors (Lipinski definition) is 0. The fourth-order valence-corrected chi connectivity index (χ4v) is 3.65. The Labute approximate surface area is 131 Å². The van der Waals surface area contributed by atoms with Gasteiger partial charge in [0.2, 0.25) is 5.91 Å². The molecule has 0 aliphatic carbocycles. The molecule has 2 aromatic rings. The average molecular weight is 311 g/mol. The zero-order valence-electron chi connectivity index (χ0n) is 11.8. The molecule has 1 saturated heterocycles. The highest BCUT2D eigenvalue weighted by molar-refractivity contribution is 7.10. The molecule has 22 heavy (non-hydrogen) atoms. The maximum absolute atomic E-state index is 12.6. The van der Waals surface area contributed by atoms with Crippen molar-refractivity contribution in [3.63, 3.8) is 0 Å². The lowest BCUT2D eigenvalue weighted by Gasteiger charge is -2.24. The van der Waals surface area contributed by atoms with Crippen LogP contribution in [0, 0.1) is 22.7 Å². The lowest BCUT2D eigenvalue weighted by molar-refractivity contribution is -0.132. The Morgan fingerprint density at radius 2 is 2.32 bits per heavy atom. The molecule has 1 unspecified atom stereocenters. The van der Waals surface area contributed by atoms with Gasteiger partial charge in [0.1, 0.15) is 18.7 Å². The first-order valence-electron chi connectivity index (χ1n) is 6.92. The van der Waals surface area contributed by atoms with Gasteiger partial charge in [-0.1, -0.05) is 6.07 Å². The zero-order chi connectivity index (χ0) is 15.5. The van der Waals surface area contributed by atoms with E-state index in [1.807, 2.05) is 34.6 Å². The number of nitriles is 2. The smallest absolute Gasteiger partial charge is 0.243 e. The summed E-state index contributed by atoms with van der Waals surface area (Å²) in [6.45, 7) is 0.766. The Kier molecular flexibility index (Phi) is 3.90. The summed E-state index contributed by atoms with van der Waals surface area (Å²) in [5, 5.41) is 20.0. The van der Waals surface area contributed by atoms with Gasteiger partial charge in [-0.3, -0.25) is 4.79 Å². The van der Waals surface area contributed by atoms with Crippen LogP contribution in [0.5, 0.6) is 0 Å². The number of rotatable bonds is 3. The molecule has 1 fully saturated rings. The normalized spacial score (nSPS) is 17.2. The number of carbonyl (C=O) groups is 1. The summed E-state index contributed by atoms with van der Waals surface area (Å²) in [4.78, 5) is 19.5. The van der Waals surface area contributed by atoms with Crippen LogP contribution in [0.25, 0.3) is 0 Å². The van der Waals surface area contributed by atoms with Crippen LogP contribution < -0.4 is 0 Å². The summed E-state index contributed by atoms with van der Waals surface area (Å²) in [5.41, 5.74) is 0.203. The average Bonchev–Trinajstić information content (AvgIpc) is 3.26. The molecule has 0 spiro atoms. The van der Waals surface area contributed by atoms with Crippen LogP contribution in [0.2, 0.25) is 0 Å². The molecule has 0 radical (unpaired) electrons. The molecular weight excluding hydrogens is 298 g/mol. The summed E-state index contributed by atoms with van der Waals surface area (Å²) in [5.74, 6) is -0.0470. The van der Waals surface area contributed by atoms with E-state index >= 15 is 0 Å². The SMILES string of the molecule is N#Cc1ncn(CC(=O)N2CCCC2c2cccs2)c1C#N. The molecule has 110 valence electrons. The van der Waals surface area contributed by atoms with E-state index < -0.39 is 0 Å². The van der Waals surface area contributed by atoms with E-state index in [-0.39, 0.29) is 29.9 Å². The first kappa shape index (κ1) is 14.3. The number of aromatic nitrogens is 2. The third-order valence-electron chi connectivity index (χ3n) is 3.80. The van der Waals surface area contributed by atoms with E-state index in [1.165, 1.54) is 15.8 Å². The zero-order valence-corrected chi connectivity index (χ0v) is 12.6. The minimum atomic E-state index is -0.0470. The van der Waals surface area contributed by atoms with E-state index in [1.54, 1.807) is 11.3 Å². The Bertz CT molecular complexity index is 765. The van der Waals surface area contributed by atoms with E-state index in [9.17, 15) is 4.79 Å².